The number of amides is 1. The summed E-state index contributed by atoms with van der Waals surface area (Å²) in [5, 5.41) is 2.89. The third-order valence-corrected chi connectivity index (χ3v) is 6.13. The SMILES string of the molecule is CS(=O)(=O)N(CCC(=O)NCCc1ccccc1)C1CCCCCC1. The van der Waals surface area contributed by atoms with E-state index in [4.69, 9.17) is 0 Å². The Bertz CT molecular complexity index is 623. The third kappa shape index (κ3) is 7.16. The van der Waals surface area contributed by atoms with Gasteiger partial charge in [0, 0.05) is 25.6 Å². The lowest BCUT2D eigenvalue weighted by Gasteiger charge is -2.28. The van der Waals surface area contributed by atoms with Gasteiger partial charge in [0.2, 0.25) is 15.9 Å². The van der Waals surface area contributed by atoms with Crippen LogP contribution in [0.4, 0.5) is 0 Å². The molecule has 0 radical (unpaired) electrons. The Morgan fingerprint density at radius 3 is 2.36 bits per heavy atom. The molecular formula is C19H30N2O3S. The molecular weight excluding hydrogens is 336 g/mol. The first-order valence-electron chi connectivity index (χ1n) is 9.24. The molecule has 1 fully saturated rings. The number of nitrogens with zero attached hydrogens (tertiary/aromatic N) is 1. The molecule has 0 atom stereocenters. The number of hydrogen-bond donors (Lipinski definition) is 1. The normalized spacial score (nSPS) is 16.6. The fourth-order valence-electron chi connectivity index (χ4n) is 3.46. The molecule has 1 aromatic carbocycles. The number of carbonyl (C=O) groups is 1. The molecule has 1 saturated carbocycles. The highest BCUT2D eigenvalue weighted by molar-refractivity contribution is 7.88. The van der Waals surface area contributed by atoms with Crippen molar-refractivity contribution < 1.29 is 13.2 Å². The van der Waals surface area contributed by atoms with Crippen LogP contribution < -0.4 is 5.32 Å². The lowest BCUT2D eigenvalue weighted by atomic mass is 10.1. The first kappa shape index (κ1) is 19.9. The van der Waals surface area contributed by atoms with E-state index in [1.54, 1.807) is 4.31 Å². The zero-order valence-electron chi connectivity index (χ0n) is 15.1. The van der Waals surface area contributed by atoms with Crippen molar-refractivity contribution in [2.75, 3.05) is 19.3 Å². The molecule has 0 bridgehead atoms. The van der Waals surface area contributed by atoms with E-state index < -0.39 is 10.0 Å². The number of nitrogens with one attached hydrogen (secondary N) is 1. The minimum Gasteiger partial charge on any atom is -0.356 e. The van der Waals surface area contributed by atoms with Gasteiger partial charge >= 0.3 is 0 Å². The van der Waals surface area contributed by atoms with Crippen molar-refractivity contribution >= 4 is 15.9 Å². The summed E-state index contributed by atoms with van der Waals surface area (Å²) in [6.07, 6.45) is 8.56. The summed E-state index contributed by atoms with van der Waals surface area (Å²) in [6, 6.07) is 10.0. The van der Waals surface area contributed by atoms with Gasteiger partial charge in [-0.05, 0) is 24.8 Å². The molecule has 5 nitrogen and oxygen atoms in total. The van der Waals surface area contributed by atoms with Crippen molar-refractivity contribution in [3.05, 3.63) is 35.9 Å². The van der Waals surface area contributed by atoms with Crippen molar-refractivity contribution in [1.29, 1.82) is 0 Å². The largest absolute Gasteiger partial charge is 0.356 e. The van der Waals surface area contributed by atoms with Gasteiger partial charge in [0.05, 0.1) is 6.26 Å². The zero-order chi connectivity index (χ0) is 18.1. The van der Waals surface area contributed by atoms with E-state index in [1.165, 1.54) is 24.7 Å². The molecule has 1 amide bonds. The molecule has 1 aliphatic carbocycles. The van der Waals surface area contributed by atoms with E-state index in [9.17, 15) is 13.2 Å². The van der Waals surface area contributed by atoms with Crippen LogP contribution in [0.3, 0.4) is 0 Å². The summed E-state index contributed by atoms with van der Waals surface area (Å²) < 4.78 is 25.8. The highest BCUT2D eigenvalue weighted by atomic mass is 32.2. The summed E-state index contributed by atoms with van der Waals surface area (Å²) in [4.78, 5) is 12.1. The van der Waals surface area contributed by atoms with E-state index in [2.05, 4.69) is 5.32 Å². The van der Waals surface area contributed by atoms with Gasteiger partial charge in [-0.15, -0.1) is 0 Å². The second-order valence-corrected chi connectivity index (χ2v) is 8.79. The van der Waals surface area contributed by atoms with Crippen LogP contribution in [0.5, 0.6) is 0 Å². The topological polar surface area (TPSA) is 66.5 Å². The Hall–Kier alpha value is -1.40. The smallest absolute Gasteiger partial charge is 0.221 e. The van der Waals surface area contributed by atoms with Gasteiger partial charge in [0.25, 0.3) is 0 Å². The van der Waals surface area contributed by atoms with Crippen molar-refractivity contribution in [1.82, 2.24) is 9.62 Å². The van der Waals surface area contributed by atoms with E-state index in [-0.39, 0.29) is 24.9 Å². The van der Waals surface area contributed by atoms with Crippen LogP contribution in [0, 0.1) is 0 Å². The van der Waals surface area contributed by atoms with Crippen LogP contribution in [0.25, 0.3) is 0 Å². The molecule has 1 aliphatic rings. The third-order valence-electron chi connectivity index (χ3n) is 4.80. The average Bonchev–Trinajstić information content (AvgIpc) is 2.84. The fourth-order valence-corrected chi connectivity index (χ4v) is 4.63. The Morgan fingerprint density at radius 2 is 1.76 bits per heavy atom. The zero-order valence-corrected chi connectivity index (χ0v) is 15.9. The van der Waals surface area contributed by atoms with Crippen molar-refractivity contribution in [3.8, 4) is 0 Å². The van der Waals surface area contributed by atoms with Gasteiger partial charge in [-0.1, -0.05) is 56.0 Å². The number of sulfonamides is 1. The maximum absolute atomic E-state index is 12.1. The molecule has 0 aliphatic heterocycles. The van der Waals surface area contributed by atoms with E-state index in [0.29, 0.717) is 6.54 Å². The Balaban J connectivity index is 1.79. The number of benzene rings is 1. The van der Waals surface area contributed by atoms with E-state index >= 15 is 0 Å². The van der Waals surface area contributed by atoms with Crippen LogP contribution in [0.1, 0.15) is 50.5 Å². The molecule has 2 rings (SSSR count). The Kier molecular flexibility index (Phi) is 7.90. The molecule has 25 heavy (non-hydrogen) atoms. The molecule has 140 valence electrons. The number of carbonyl (C=O) groups excluding carboxylic acids is 1. The van der Waals surface area contributed by atoms with Crippen LogP contribution in [0.15, 0.2) is 30.3 Å². The standard InChI is InChI=1S/C19H30N2O3S/c1-25(23,24)21(18-11-7-2-3-8-12-18)16-14-19(22)20-15-13-17-9-5-4-6-10-17/h4-6,9-10,18H,2-3,7-8,11-16H2,1H3,(H,20,22). The second kappa shape index (κ2) is 9.92. The van der Waals surface area contributed by atoms with Crippen molar-refractivity contribution in [2.45, 2.75) is 57.4 Å². The summed E-state index contributed by atoms with van der Waals surface area (Å²) in [5.41, 5.74) is 1.18. The molecule has 0 saturated heterocycles. The van der Waals surface area contributed by atoms with Gasteiger partial charge in [-0.2, -0.15) is 4.31 Å². The first-order chi connectivity index (χ1) is 12.0. The second-order valence-electron chi connectivity index (χ2n) is 6.85. The number of hydrogen-bond acceptors (Lipinski definition) is 3. The van der Waals surface area contributed by atoms with Crippen LogP contribution >= 0.6 is 0 Å². The summed E-state index contributed by atoms with van der Waals surface area (Å²) >= 11 is 0. The Morgan fingerprint density at radius 1 is 1.12 bits per heavy atom. The lowest BCUT2D eigenvalue weighted by Crippen LogP contribution is -2.41. The summed E-state index contributed by atoms with van der Waals surface area (Å²) in [5.74, 6) is -0.0850. The number of rotatable bonds is 8. The van der Waals surface area contributed by atoms with Gasteiger partial charge in [0.15, 0.2) is 0 Å². The summed E-state index contributed by atoms with van der Waals surface area (Å²) in [7, 11) is -3.29. The Labute approximate surface area is 151 Å². The minimum atomic E-state index is -3.29. The van der Waals surface area contributed by atoms with Crippen molar-refractivity contribution in [3.63, 3.8) is 0 Å². The minimum absolute atomic E-state index is 0.0506. The molecule has 0 aromatic heterocycles. The van der Waals surface area contributed by atoms with Gasteiger partial charge in [-0.25, -0.2) is 8.42 Å². The summed E-state index contributed by atoms with van der Waals surface area (Å²) in [6.45, 7) is 0.853. The highest BCUT2D eigenvalue weighted by Gasteiger charge is 2.27. The van der Waals surface area contributed by atoms with Crippen LogP contribution in [0.2, 0.25) is 0 Å². The highest BCUT2D eigenvalue weighted by Crippen LogP contribution is 2.23. The van der Waals surface area contributed by atoms with E-state index in [1.807, 2.05) is 30.3 Å². The maximum atomic E-state index is 12.1. The molecule has 0 heterocycles. The van der Waals surface area contributed by atoms with Crippen LogP contribution in [-0.4, -0.2) is 44.0 Å². The average molecular weight is 367 g/mol. The van der Waals surface area contributed by atoms with Crippen molar-refractivity contribution in [2.24, 2.45) is 0 Å². The molecule has 0 spiro atoms. The molecule has 1 aromatic rings. The quantitative estimate of drug-likeness (QED) is 0.720. The van der Waals surface area contributed by atoms with Gasteiger partial charge in [-0.3, -0.25) is 4.79 Å². The molecule has 0 unspecified atom stereocenters. The van der Waals surface area contributed by atoms with Gasteiger partial charge in [0.1, 0.15) is 0 Å². The van der Waals surface area contributed by atoms with Gasteiger partial charge < -0.3 is 5.32 Å². The maximum Gasteiger partial charge on any atom is 0.221 e. The first-order valence-corrected chi connectivity index (χ1v) is 11.1. The lowest BCUT2D eigenvalue weighted by molar-refractivity contribution is -0.121. The monoisotopic (exact) mass is 366 g/mol. The van der Waals surface area contributed by atoms with Crippen LogP contribution in [-0.2, 0) is 21.2 Å². The van der Waals surface area contributed by atoms with E-state index in [0.717, 1.165) is 32.1 Å². The molecule has 6 heteroatoms. The predicted molar refractivity (Wildman–Crippen MR) is 101 cm³/mol. The predicted octanol–water partition coefficient (Wildman–Crippen LogP) is 2.72. The molecule has 1 N–H and O–H groups in total. The fraction of sp³-hybridized carbons (Fsp3) is 0.632.